The molecule has 0 saturated heterocycles. The summed E-state index contributed by atoms with van der Waals surface area (Å²) in [6, 6.07) is 1.99. The number of pyridine rings is 1. The van der Waals surface area contributed by atoms with Crippen LogP contribution in [0.5, 0.6) is 0 Å². The molecule has 0 unspecified atom stereocenters. The van der Waals surface area contributed by atoms with Gasteiger partial charge in [-0.05, 0) is 25.0 Å². The first kappa shape index (κ1) is 8.57. The third-order valence-corrected chi connectivity index (χ3v) is 2.68. The lowest BCUT2D eigenvalue weighted by atomic mass is 10.1. The molecule has 0 aliphatic carbocycles. The fourth-order valence-electron chi connectivity index (χ4n) is 1.63. The van der Waals surface area contributed by atoms with Crippen molar-refractivity contribution >= 4 is 22.5 Å². The summed E-state index contributed by atoms with van der Waals surface area (Å²) in [5.41, 5.74) is 3.48. The quantitative estimate of drug-likeness (QED) is 0.695. The number of hydrogen-bond donors (Lipinski definition) is 1. The lowest BCUT2D eigenvalue weighted by Gasteiger charge is -1.92. The van der Waals surface area contributed by atoms with E-state index < -0.39 is 0 Å². The molecule has 0 bridgehead atoms. The van der Waals surface area contributed by atoms with Crippen LogP contribution in [0.2, 0.25) is 5.15 Å². The number of nitrogens with one attached hydrogen (secondary N) is 1. The van der Waals surface area contributed by atoms with Gasteiger partial charge in [0.25, 0.3) is 0 Å². The molecule has 2 nitrogen and oxygen atoms in total. The highest BCUT2D eigenvalue weighted by Crippen LogP contribution is 2.25. The predicted octanol–water partition coefficient (Wildman–Crippen LogP) is 3.09. The summed E-state index contributed by atoms with van der Waals surface area (Å²) in [6.45, 7) is 4.23. The van der Waals surface area contributed by atoms with Gasteiger partial charge < -0.3 is 4.98 Å². The molecule has 0 spiro atoms. The summed E-state index contributed by atoms with van der Waals surface area (Å²) in [5, 5.41) is 1.73. The SMILES string of the molecule is CCc1[nH]c2c(Cl)nccc2c1C. The number of aromatic amines is 1. The van der Waals surface area contributed by atoms with Crippen molar-refractivity contribution in [3.8, 4) is 0 Å². The van der Waals surface area contributed by atoms with Crippen LogP contribution < -0.4 is 0 Å². The van der Waals surface area contributed by atoms with Crippen LogP contribution in [0.15, 0.2) is 12.3 Å². The van der Waals surface area contributed by atoms with Crippen molar-refractivity contribution in [2.45, 2.75) is 20.3 Å². The Morgan fingerprint density at radius 3 is 2.92 bits per heavy atom. The molecule has 1 N–H and O–H groups in total. The minimum absolute atomic E-state index is 0.556. The third-order valence-electron chi connectivity index (χ3n) is 2.39. The molecule has 68 valence electrons. The zero-order chi connectivity index (χ0) is 9.42. The first-order chi connectivity index (χ1) is 6.24. The Morgan fingerprint density at radius 2 is 2.31 bits per heavy atom. The Balaban J connectivity index is 2.83. The monoisotopic (exact) mass is 194 g/mol. The summed E-state index contributed by atoms with van der Waals surface area (Å²) >= 11 is 5.96. The van der Waals surface area contributed by atoms with Crippen molar-refractivity contribution < 1.29 is 0 Å². The minimum atomic E-state index is 0.556. The molecule has 2 heterocycles. The summed E-state index contributed by atoms with van der Waals surface area (Å²) < 4.78 is 0. The van der Waals surface area contributed by atoms with E-state index in [9.17, 15) is 0 Å². The number of aromatic nitrogens is 2. The van der Waals surface area contributed by atoms with Gasteiger partial charge in [0.1, 0.15) is 0 Å². The van der Waals surface area contributed by atoms with Crippen molar-refractivity contribution in [3.05, 3.63) is 28.7 Å². The molecule has 0 atom stereocenters. The van der Waals surface area contributed by atoms with Crippen LogP contribution in [0.3, 0.4) is 0 Å². The van der Waals surface area contributed by atoms with E-state index in [0.717, 1.165) is 11.9 Å². The minimum Gasteiger partial charge on any atom is -0.356 e. The molecular formula is C10H11ClN2. The molecule has 3 heteroatoms. The van der Waals surface area contributed by atoms with Crippen molar-refractivity contribution in [1.82, 2.24) is 9.97 Å². The normalized spacial score (nSPS) is 11.0. The van der Waals surface area contributed by atoms with Gasteiger partial charge in [0, 0.05) is 17.3 Å². The van der Waals surface area contributed by atoms with Gasteiger partial charge in [0.05, 0.1) is 5.52 Å². The molecule has 2 rings (SSSR count). The molecule has 2 aromatic rings. The Hall–Kier alpha value is -1.02. The second kappa shape index (κ2) is 3.04. The Kier molecular flexibility index (Phi) is 2.00. The maximum absolute atomic E-state index is 5.96. The van der Waals surface area contributed by atoms with E-state index in [2.05, 4.69) is 23.8 Å². The summed E-state index contributed by atoms with van der Waals surface area (Å²) in [4.78, 5) is 7.32. The van der Waals surface area contributed by atoms with Crippen LogP contribution in [-0.4, -0.2) is 9.97 Å². The predicted molar refractivity (Wildman–Crippen MR) is 55.2 cm³/mol. The summed E-state index contributed by atoms with van der Waals surface area (Å²) in [7, 11) is 0. The van der Waals surface area contributed by atoms with E-state index >= 15 is 0 Å². The van der Waals surface area contributed by atoms with Crippen LogP contribution in [0.1, 0.15) is 18.2 Å². The molecule has 0 fully saturated rings. The van der Waals surface area contributed by atoms with E-state index in [0.29, 0.717) is 5.15 Å². The van der Waals surface area contributed by atoms with E-state index in [4.69, 9.17) is 11.6 Å². The van der Waals surface area contributed by atoms with E-state index in [1.807, 2.05) is 6.07 Å². The first-order valence-electron chi connectivity index (χ1n) is 4.35. The van der Waals surface area contributed by atoms with Crippen LogP contribution in [0, 0.1) is 6.92 Å². The number of aryl methyl sites for hydroxylation is 2. The fourth-order valence-corrected chi connectivity index (χ4v) is 1.83. The zero-order valence-corrected chi connectivity index (χ0v) is 8.44. The van der Waals surface area contributed by atoms with Crippen molar-refractivity contribution in [1.29, 1.82) is 0 Å². The maximum Gasteiger partial charge on any atom is 0.153 e. The van der Waals surface area contributed by atoms with Crippen LogP contribution >= 0.6 is 11.6 Å². The molecule has 0 amide bonds. The Bertz CT molecular complexity index is 445. The first-order valence-corrected chi connectivity index (χ1v) is 4.73. The molecule has 0 aliphatic heterocycles. The van der Waals surface area contributed by atoms with Gasteiger partial charge >= 0.3 is 0 Å². The second-order valence-corrected chi connectivity index (χ2v) is 3.46. The number of fused-ring (bicyclic) bond motifs is 1. The third kappa shape index (κ3) is 1.22. The van der Waals surface area contributed by atoms with Crippen LogP contribution in [0.4, 0.5) is 0 Å². The van der Waals surface area contributed by atoms with Gasteiger partial charge in [-0.2, -0.15) is 0 Å². The van der Waals surface area contributed by atoms with Gasteiger partial charge in [0.2, 0.25) is 0 Å². The van der Waals surface area contributed by atoms with Crippen molar-refractivity contribution in [2.75, 3.05) is 0 Å². The fraction of sp³-hybridized carbons (Fsp3) is 0.300. The zero-order valence-electron chi connectivity index (χ0n) is 7.69. The van der Waals surface area contributed by atoms with E-state index in [-0.39, 0.29) is 0 Å². The number of nitrogens with zero attached hydrogens (tertiary/aromatic N) is 1. The average Bonchev–Trinajstić information content (AvgIpc) is 2.45. The topological polar surface area (TPSA) is 28.7 Å². The van der Waals surface area contributed by atoms with Crippen molar-refractivity contribution in [3.63, 3.8) is 0 Å². The second-order valence-electron chi connectivity index (χ2n) is 3.11. The number of halogens is 1. The molecule has 0 radical (unpaired) electrons. The highest BCUT2D eigenvalue weighted by Gasteiger charge is 2.08. The average molecular weight is 195 g/mol. The maximum atomic E-state index is 5.96. The molecule has 0 aliphatic rings. The van der Waals surface area contributed by atoms with E-state index in [1.54, 1.807) is 6.20 Å². The van der Waals surface area contributed by atoms with Crippen LogP contribution in [-0.2, 0) is 6.42 Å². The molecular weight excluding hydrogens is 184 g/mol. The van der Waals surface area contributed by atoms with Gasteiger partial charge in [-0.15, -0.1) is 0 Å². The highest BCUT2D eigenvalue weighted by atomic mass is 35.5. The molecule has 13 heavy (non-hydrogen) atoms. The summed E-state index contributed by atoms with van der Waals surface area (Å²) in [6.07, 6.45) is 2.74. The van der Waals surface area contributed by atoms with Gasteiger partial charge in [-0.1, -0.05) is 18.5 Å². The smallest absolute Gasteiger partial charge is 0.153 e. The Morgan fingerprint density at radius 1 is 1.54 bits per heavy atom. The molecule has 0 saturated carbocycles. The van der Waals surface area contributed by atoms with Crippen molar-refractivity contribution in [2.24, 2.45) is 0 Å². The Labute approximate surface area is 81.9 Å². The standard InChI is InChI=1S/C10H11ClN2/c1-3-8-6(2)7-4-5-12-10(11)9(7)13-8/h4-5,13H,3H2,1-2H3. The number of hydrogen-bond acceptors (Lipinski definition) is 1. The lowest BCUT2D eigenvalue weighted by Crippen LogP contribution is -1.80. The van der Waals surface area contributed by atoms with E-state index in [1.165, 1.54) is 16.6 Å². The summed E-state index contributed by atoms with van der Waals surface area (Å²) in [5.74, 6) is 0. The lowest BCUT2D eigenvalue weighted by molar-refractivity contribution is 1.05. The van der Waals surface area contributed by atoms with Crippen LogP contribution in [0.25, 0.3) is 10.9 Å². The van der Waals surface area contributed by atoms with Gasteiger partial charge in [-0.3, -0.25) is 0 Å². The number of H-pyrrole nitrogens is 1. The largest absolute Gasteiger partial charge is 0.356 e. The highest BCUT2D eigenvalue weighted by molar-refractivity contribution is 6.33. The molecule has 2 aromatic heterocycles. The van der Waals surface area contributed by atoms with Gasteiger partial charge in [-0.25, -0.2) is 4.98 Å². The number of rotatable bonds is 1. The molecule has 0 aromatic carbocycles. The van der Waals surface area contributed by atoms with Gasteiger partial charge in [0.15, 0.2) is 5.15 Å².